The number of halogens is 1. The van der Waals surface area contributed by atoms with Crippen molar-refractivity contribution >= 4 is 23.5 Å². The zero-order valence-corrected chi connectivity index (χ0v) is 13.5. The Hall–Kier alpha value is -3.56. The van der Waals surface area contributed by atoms with E-state index in [1.165, 1.54) is 0 Å². The number of nitrogens with zero attached hydrogens (tertiary/aromatic N) is 2. The number of amides is 2. The van der Waals surface area contributed by atoms with Crippen molar-refractivity contribution in [2.24, 2.45) is 0 Å². The summed E-state index contributed by atoms with van der Waals surface area (Å²) in [6.45, 7) is -0.0163. The van der Waals surface area contributed by atoms with Crippen molar-refractivity contribution in [3.63, 3.8) is 0 Å². The smallest absolute Gasteiger partial charge is 0.359 e. The molecule has 0 saturated heterocycles. The molecule has 0 radical (unpaired) electrons. The van der Waals surface area contributed by atoms with E-state index < -0.39 is 29.1 Å². The van der Waals surface area contributed by atoms with E-state index >= 15 is 0 Å². The second-order valence-electron chi connectivity index (χ2n) is 5.23. The summed E-state index contributed by atoms with van der Waals surface area (Å²) in [7, 11) is 1.07. The average Bonchev–Trinajstić information content (AvgIpc) is 2.65. The van der Waals surface area contributed by atoms with E-state index in [0.29, 0.717) is 17.0 Å². The largest absolute Gasteiger partial charge is 0.482 e. The molecule has 26 heavy (non-hydrogen) atoms. The Morgan fingerprint density at radius 1 is 1.35 bits per heavy atom. The van der Waals surface area contributed by atoms with Gasteiger partial charge in [0, 0.05) is 6.54 Å². The van der Waals surface area contributed by atoms with Crippen LogP contribution in [0.5, 0.6) is 5.75 Å². The van der Waals surface area contributed by atoms with Gasteiger partial charge in [-0.1, -0.05) is 6.07 Å². The Bertz CT molecular complexity index is 902. The standard InChI is InChI=1S/C16H13FN4O5/c1-25-16(24)14-12(17)13(19-7-20-14)15(23)18-5-8-2-3-10-9(4-8)21-11(22)6-26-10/h2-4,7H,5-6H2,1H3,(H,18,23)(H,21,22). The quantitative estimate of drug-likeness (QED) is 0.769. The number of ether oxygens (including phenoxy) is 2. The molecule has 0 saturated carbocycles. The van der Waals surface area contributed by atoms with Crippen molar-refractivity contribution in [3.05, 3.63) is 47.3 Å². The SMILES string of the molecule is COC(=O)c1ncnc(C(=O)NCc2ccc3c(c2)NC(=O)CO3)c1F. The first-order valence-electron chi connectivity index (χ1n) is 7.42. The third-order valence-corrected chi connectivity index (χ3v) is 3.51. The highest BCUT2D eigenvalue weighted by Gasteiger charge is 2.23. The number of nitrogens with one attached hydrogen (secondary N) is 2. The molecule has 9 nitrogen and oxygen atoms in total. The fourth-order valence-corrected chi connectivity index (χ4v) is 2.27. The van der Waals surface area contributed by atoms with E-state index in [-0.39, 0.29) is 19.1 Å². The van der Waals surface area contributed by atoms with Gasteiger partial charge in [-0.25, -0.2) is 19.2 Å². The molecular formula is C16H13FN4O5. The maximum absolute atomic E-state index is 14.2. The molecule has 134 valence electrons. The second-order valence-corrected chi connectivity index (χ2v) is 5.23. The number of carbonyl (C=O) groups excluding carboxylic acids is 3. The predicted octanol–water partition coefficient (Wildman–Crippen LogP) is 0.663. The van der Waals surface area contributed by atoms with Gasteiger partial charge in [-0.2, -0.15) is 0 Å². The van der Waals surface area contributed by atoms with Crippen LogP contribution in [0.2, 0.25) is 0 Å². The van der Waals surface area contributed by atoms with Gasteiger partial charge in [0.2, 0.25) is 0 Å². The van der Waals surface area contributed by atoms with Crippen molar-refractivity contribution in [2.45, 2.75) is 6.54 Å². The number of carbonyl (C=O) groups is 3. The molecule has 0 aliphatic carbocycles. The summed E-state index contributed by atoms with van der Waals surface area (Å²) in [5, 5.41) is 5.13. The van der Waals surface area contributed by atoms with E-state index in [1.54, 1.807) is 18.2 Å². The lowest BCUT2D eigenvalue weighted by atomic mass is 10.1. The molecule has 2 heterocycles. The van der Waals surface area contributed by atoms with Crippen molar-refractivity contribution in [2.75, 3.05) is 19.0 Å². The first kappa shape index (κ1) is 17.3. The maximum Gasteiger partial charge on any atom is 0.359 e. The number of rotatable bonds is 4. The van der Waals surface area contributed by atoms with Crippen LogP contribution in [-0.4, -0.2) is 41.5 Å². The predicted molar refractivity (Wildman–Crippen MR) is 85.1 cm³/mol. The van der Waals surface area contributed by atoms with Crippen LogP contribution in [0, 0.1) is 5.82 Å². The van der Waals surface area contributed by atoms with Crippen LogP contribution in [0.15, 0.2) is 24.5 Å². The molecule has 1 aliphatic heterocycles. The van der Waals surface area contributed by atoms with E-state index in [4.69, 9.17) is 4.74 Å². The van der Waals surface area contributed by atoms with E-state index in [0.717, 1.165) is 13.4 Å². The third kappa shape index (κ3) is 3.43. The highest BCUT2D eigenvalue weighted by molar-refractivity contribution is 5.96. The minimum Gasteiger partial charge on any atom is -0.482 e. The Balaban J connectivity index is 1.73. The summed E-state index contributed by atoms with van der Waals surface area (Å²) >= 11 is 0. The summed E-state index contributed by atoms with van der Waals surface area (Å²) in [6, 6.07) is 4.96. The molecule has 2 amide bonds. The summed E-state index contributed by atoms with van der Waals surface area (Å²) in [6.07, 6.45) is 0.899. The van der Waals surface area contributed by atoms with Gasteiger partial charge in [0.05, 0.1) is 12.8 Å². The fourth-order valence-electron chi connectivity index (χ4n) is 2.27. The Kier molecular flexibility index (Phi) is 4.74. The highest BCUT2D eigenvalue weighted by atomic mass is 19.1. The van der Waals surface area contributed by atoms with Gasteiger partial charge in [0.15, 0.2) is 23.8 Å². The number of fused-ring (bicyclic) bond motifs is 1. The third-order valence-electron chi connectivity index (χ3n) is 3.51. The lowest BCUT2D eigenvalue weighted by Gasteiger charge is -2.18. The molecule has 0 fully saturated rings. The summed E-state index contributed by atoms with van der Waals surface area (Å²) < 4.78 is 23.8. The zero-order valence-electron chi connectivity index (χ0n) is 13.5. The van der Waals surface area contributed by atoms with Gasteiger partial charge < -0.3 is 20.1 Å². The van der Waals surface area contributed by atoms with Crippen molar-refractivity contribution in [3.8, 4) is 5.75 Å². The lowest BCUT2D eigenvalue weighted by molar-refractivity contribution is -0.118. The van der Waals surface area contributed by atoms with E-state index in [1.807, 2.05) is 0 Å². The van der Waals surface area contributed by atoms with E-state index in [9.17, 15) is 18.8 Å². The number of benzene rings is 1. The van der Waals surface area contributed by atoms with Crippen LogP contribution < -0.4 is 15.4 Å². The number of hydrogen-bond acceptors (Lipinski definition) is 7. The topological polar surface area (TPSA) is 120 Å². The van der Waals surface area contributed by atoms with Gasteiger partial charge >= 0.3 is 5.97 Å². The summed E-state index contributed by atoms with van der Waals surface area (Å²) in [5.74, 6) is -2.76. The molecule has 0 atom stereocenters. The maximum atomic E-state index is 14.2. The molecular weight excluding hydrogens is 347 g/mol. The molecule has 2 aromatic rings. The normalized spacial score (nSPS) is 12.5. The Labute approximate surface area is 146 Å². The van der Waals surface area contributed by atoms with Crippen LogP contribution >= 0.6 is 0 Å². The molecule has 2 N–H and O–H groups in total. The molecule has 0 spiro atoms. The Morgan fingerprint density at radius 2 is 2.12 bits per heavy atom. The van der Waals surface area contributed by atoms with E-state index in [2.05, 4.69) is 25.3 Å². The Morgan fingerprint density at radius 3 is 2.88 bits per heavy atom. The lowest BCUT2D eigenvalue weighted by Crippen LogP contribution is -2.27. The minimum atomic E-state index is -1.16. The van der Waals surface area contributed by atoms with Crippen LogP contribution in [0.4, 0.5) is 10.1 Å². The highest BCUT2D eigenvalue weighted by Crippen LogP contribution is 2.28. The summed E-state index contributed by atoms with van der Waals surface area (Å²) in [5.41, 5.74) is -0.0731. The molecule has 0 unspecified atom stereocenters. The monoisotopic (exact) mass is 360 g/mol. The van der Waals surface area contributed by atoms with Gasteiger partial charge in [-0.05, 0) is 17.7 Å². The second kappa shape index (κ2) is 7.13. The van der Waals surface area contributed by atoms with Crippen LogP contribution in [-0.2, 0) is 16.1 Å². The number of anilines is 1. The minimum absolute atomic E-state index is 0.0407. The van der Waals surface area contributed by atoms with Crippen molar-refractivity contribution < 1.29 is 28.2 Å². The molecule has 1 aromatic carbocycles. The van der Waals surface area contributed by atoms with Crippen molar-refractivity contribution in [1.82, 2.24) is 15.3 Å². The van der Waals surface area contributed by atoms with Gasteiger partial charge in [-0.15, -0.1) is 0 Å². The average molecular weight is 360 g/mol. The molecule has 0 bridgehead atoms. The molecule has 10 heteroatoms. The fraction of sp³-hybridized carbons (Fsp3) is 0.188. The first-order valence-corrected chi connectivity index (χ1v) is 7.42. The zero-order chi connectivity index (χ0) is 18.7. The van der Waals surface area contributed by atoms with Crippen LogP contribution in [0.25, 0.3) is 0 Å². The van der Waals surface area contributed by atoms with Gasteiger partial charge in [0.1, 0.15) is 12.1 Å². The summed E-state index contributed by atoms with van der Waals surface area (Å²) in [4.78, 5) is 41.9. The van der Waals surface area contributed by atoms with Crippen molar-refractivity contribution in [1.29, 1.82) is 0 Å². The number of esters is 1. The molecule has 1 aromatic heterocycles. The van der Waals surface area contributed by atoms with Crippen LogP contribution in [0.1, 0.15) is 26.5 Å². The number of methoxy groups -OCH3 is 1. The molecule has 3 rings (SSSR count). The van der Waals surface area contributed by atoms with Gasteiger partial charge in [-0.3, -0.25) is 9.59 Å². The van der Waals surface area contributed by atoms with Gasteiger partial charge in [0.25, 0.3) is 11.8 Å². The molecule has 1 aliphatic rings. The van der Waals surface area contributed by atoms with Crippen LogP contribution in [0.3, 0.4) is 0 Å². The number of aromatic nitrogens is 2. The first-order chi connectivity index (χ1) is 12.5. The number of hydrogen-bond donors (Lipinski definition) is 2.